The number of hydrogen-bond acceptors (Lipinski definition) is 2. The zero-order valence-corrected chi connectivity index (χ0v) is 6.80. The fraction of sp³-hybridized carbons (Fsp3) is 0.333. The summed E-state index contributed by atoms with van der Waals surface area (Å²) < 4.78 is 0. The third kappa shape index (κ3) is 5.10. The van der Waals surface area contributed by atoms with E-state index in [1.807, 2.05) is 0 Å². The van der Waals surface area contributed by atoms with E-state index in [0.29, 0.717) is 5.71 Å². The Morgan fingerprint density at radius 2 is 2.36 bits per heavy atom. The van der Waals surface area contributed by atoms with Gasteiger partial charge in [-0.2, -0.15) is 5.10 Å². The molecule has 0 aliphatic carbocycles. The normalized spacial score (nSPS) is 9.73. The topological polar surface area (TPSA) is 24.7 Å². The van der Waals surface area contributed by atoms with Crippen molar-refractivity contribution in [1.82, 2.24) is 0 Å². The molecule has 0 heterocycles. The van der Waals surface area contributed by atoms with Gasteiger partial charge in [-0.3, -0.25) is 0 Å². The Balaban J connectivity index is 4.10. The van der Waals surface area contributed by atoms with Gasteiger partial charge in [-0.15, -0.1) is 5.10 Å². The van der Waals surface area contributed by atoms with Crippen LogP contribution in [0.2, 0.25) is 0 Å². The molecule has 0 N–H and O–H groups in total. The van der Waals surface area contributed by atoms with Crippen molar-refractivity contribution < 1.29 is 0 Å². The Hall–Kier alpha value is -1.36. The minimum atomic E-state index is 0.577. The average Bonchev–Trinajstić information content (AvgIpc) is 2.03. The largest absolute Gasteiger partial charge is 0.166 e. The van der Waals surface area contributed by atoms with E-state index in [4.69, 9.17) is 0 Å². The van der Waals surface area contributed by atoms with Gasteiger partial charge >= 0.3 is 0 Å². The molecule has 0 saturated carbocycles. The summed E-state index contributed by atoms with van der Waals surface area (Å²) in [6, 6.07) is 0. The summed E-state index contributed by atoms with van der Waals surface area (Å²) in [4.78, 5) is 0. The second-order valence-electron chi connectivity index (χ2n) is 1.88. The highest BCUT2D eigenvalue weighted by atomic mass is 15.2. The molecule has 0 atom stereocenters. The van der Waals surface area contributed by atoms with E-state index in [9.17, 15) is 0 Å². The van der Waals surface area contributed by atoms with Crippen molar-refractivity contribution in [1.29, 1.82) is 0 Å². The highest BCUT2D eigenvalue weighted by Gasteiger charge is 1.81. The Kier molecular flexibility index (Phi) is 5.92. The smallest absolute Gasteiger partial charge is 0.135 e. The molecule has 0 radical (unpaired) electrons. The number of nitrogens with zero attached hydrogens (tertiary/aromatic N) is 2. The first kappa shape index (κ1) is 9.64. The minimum Gasteiger partial charge on any atom is -0.166 e. The lowest BCUT2D eigenvalue weighted by Crippen LogP contribution is -1.84. The molecule has 58 valence electrons. The maximum atomic E-state index is 3.65. The number of allylic oxidation sites excluding steroid dienone is 1. The predicted molar refractivity (Wildman–Crippen MR) is 49.9 cm³/mol. The summed E-state index contributed by atoms with van der Waals surface area (Å²) in [6.45, 7) is 8.84. The van der Waals surface area contributed by atoms with Crippen LogP contribution in [0.3, 0.4) is 0 Å². The molecular formula is C9H12N2. The highest BCUT2D eigenvalue weighted by molar-refractivity contribution is 6.08. The maximum Gasteiger partial charge on any atom is 0.135 e. The van der Waals surface area contributed by atoms with Crippen LogP contribution in [0.1, 0.15) is 19.8 Å². The molecule has 2 heteroatoms. The van der Waals surface area contributed by atoms with Crippen LogP contribution in [0.15, 0.2) is 22.9 Å². The van der Waals surface area contributed by atoms with Crippen LogP contribution < -0.4 is 0 Å². The lowest BCUT2D eigenvalue weighted by Gasteiger charge is -1.82. The summed E-state index contributed by atoms with van der Waals surface area (Å²) in [5.74, 6) is 5.75. The molecule has 0 amide bonds. The minimum absolute atomic E-state index is 0.577. The monoisotopic (exact) mass is 148 g/mol. The van der Waals surface area contributed by atoms with Crippen LogP contribution in [0, 0.1) is 11.8 Å². The van der Waals surface area contributed by atoms with Crippen molar-refractivity contribution in [2.45, 2.75) is 19.8 Å². The van der Waals surface area contributed by atoms with Gasteiger partial charge in [0.2, 0.25) is 0 Å². The van der Waals surface area contributed by atoms with Crippen molar-refractivity contribution in [2.24, 2.45) is 10.2 Å². The van der Waals surface area contributed by atoms with E-state index in [1.54, 1.807) is 6.08 Å². The van der Waals surface area contributed by atoms with Gasteiger partial charge in [-0.25, -0.2) is 0 Å². The number of rotatable bonds is 3. The van der Waals surface area contributed by atoms with E-state index in [2.05, 4.69) is 42.3 Å². The van der Waals surface area contributed by atoms with Crippen LogP contribution in [-0.4, -0.2) is 12.4 Å². The summed E-state index contributed by atoms with van der Waals surface area (Å²) >= 11 is 0. The molecule has 0 aromatic heterocycles. The summed E-state index contributed by atoms with van der Waals surface area (Å²) in [5, 5.41) is 7.00. The van der Waals surface area contributed by atoms with Crippen molar-refractivity contribution in [3.8, 4) is 11.8 Å². The molecule has 2 nitrogen and oxygen atoms in total. The molecule has 0 aromatic carbocycles. The number of hydrogen-bond donors (Lipinski definition) is 0. The van der Waals surface area contributed by atoms with E-state index in [1.165, 1.54) is 0 Å². The predicted octanol–water partition coefficient (Wildman–Crippen LogP) is 2.03. The molecule has 0 aromatic rings. The van der Waals surface area contributed by atoms with Crippen molar-refractivity contribution >= 4 is 12.4 Å². The first-order valence-corrected chi connectivity index (χ1v) is 3.50. The summed E-state index contributed by atoms with van der Waals surface area (Å²) in [5.41, 5.74) is 0.577. The first-order chi connectivity index (χ1) is 5.35. The average molecular weight is 148 g/mol. The SMILES string of the molecule is C=C/C(C#CCCC)=N\N=C. The Bertz CT molecular complexity index is 215. The Labute approximate surface area is 67.7 Å². The zero-order chi connectivity index (χ0) is 8.53. The molecule has 0 aliphatic heterocycles. The molecule has 0 aliphatic rings. The van der Waals surface area contributed by atoms with Gasteiger partial charge in [0.05, 0.1) is 0 Å². The van der Waals surface area contributed by atoms with Crippen LogP contribution in [0.25, 0.3) is 0 Å². The third-order valence-corrected chi connectivity index (χ3v) is 0.963. The molecule has 0 spiro atoms. The fourth-order valence-corrected chi connectivity index (χ4v) is 0.471. The molecule has 0 unspecified atom stereocenters. The van der Waals surface area contributed by atoms with Crippen LogP contribution in [0.5, 0.6) is 0 Å². The number of unbranched alkanes of at least 4 members (excludes halogenated alkanes) is 1. The van der Waals surface area contributed by atoms with Gasteiger partial charge < -0.3 is 0 Å². The Morgan fingerprint density at radius 1 is 1.64 bits per heavy atom. The van der Waals surface area contributed by atoms with Gasteiger partial charge in [0.25, 0.3) is 0 Å². The van der Waals surface area contributed by atoms with Gasteiger partial charge in [0.1, 0.15) is 5.71 Å². The van der Waals surface area contributed by atoms with Crippen molar-refractivity contribution in [2.75, 3.05) is 0 Å². The third-order valence-electron chi connectivity index (χ3n) is 0.963. The van der Waals surface area contributed by atoms with E-state index < -0.39 is 0 Å². The fourth-order valence-electron chi connectivity index (χ4n) is 0.471. The molecule has 11 heavy (non-hydrogen) atoms. The van der Waals surface area contributed by atoms with Gasteiger partial charge in [0.15, 0.2) is 0 Å². The van der Waals surface area contributed by atoms with Crippen LogP contribution >= 0.6 is 0 Å². The van der Waals surface area contributed by atoms with E-state index >= 15 is 0 Å². The molecule has 0 rings (SSSR count). The van der Waals surface area contributed by atoms with Gasteiger partial charge in [-0.1, -0.05) is 19.4 Å². The second kappa shape index (κ2) is 6.76. The first-order valence-electron chi connectivity index (χ1n) is 3.50. The summed E-state index contributed by atoms with van der Waals surface area (Å²) in [7, 11) is 0. The Morgan fingerprint density at radius 3 is 2.82 bits per heavy atom. The van der Waals surface area contributed by atoms with Gasteiger partial charge in [0, 0.05) is 13.1 Å². The summed E-state index contributed by atoms with van der Waals surface area (Å²) in [6.07, 6.45) is 3.50. The molecule has 0 bridgehead atoms. The highest BCUT2D eigenvalue weighted by Crippen LogP contribution is 1.83. The lowest BCUT2D eigenvalue weighted by molar-refractivity contribution is 0.984. The molecular weight excluding hydrogens is 136 g/mol. The van der Waals surface area contributed by atoms with Crippen LogP contribution in [-0.2, 0) is 0 Å². The van der Waals surface area contributed by atoms with E-state index in [-0.39, 0.29) is 0 Å². The molecule has 0 fully saturated rings. The second-order valence-corrected chi connectivity index (χ2v) is 1.88. The lowest BCUT2D eigenvalue weighted by atomic mass is 10.3. The zero-order valence-electron chi connectivity index (χ0n) is 6.80. The van der Waals surface area contributed by atoms with E-state index in [0.717, 1.165) is 12.8 Å². The van der Waals surface area contributed by atoms with Crippen molar-refractivity contribution in [3.05, 3.63) is 12.7 Å². The van der Waals surface area contributed by atoms with Crippen molar-refractivity contribution in [3.63, 3.8) is 0 Å². The standard InChI is InChI=1S/C9H12N2/c1-4-6-7-8-9(5-2)11-10-3/h5H,2-4,6H2,1H3/b11-9+. The molecule has 0 saturated heterocycles. The van der Waals surface area contributed by atoms with Gasteiger partial charge in [-0.05, 0) is 18.4 Å². The van der Waals surface area contributed by atoms with Crippen LogP contribution in [0.4, 0.5) is 0 Å². The quantitative estimate of drug-likeness (QED) is 0.332. The maximum absolute atomic E-state index is 3.65.